The molecule has 2 amide bonds. The molecule has 0 aliphatic carbocycles. The first-order valence-electron chi connectivity index (χ1n) is 7.99. The summed E-state index contributed by atoms with van der Waals surface area (Å²) < 4.78 is 13.6. The Morgan fingerprint density at radius 1 is 1.08 bits per heavy atom. The number of aryl methyl sites for hydroxylation is 1. The summed E-state index contributed by atoms with van der Waals surface area (Å²) in [5.74, 6) is -1.10. The van der Waals surface area contributed by atoms with E-state index in [1.807, 2.05) is 31.2 Å². The van der Waals surface area contributed by atoms with E-state index in [2.05, 4.69) is 10.6 Å². The maximum absolute atomic E-state index is 13.6. The molecule has 6 heteroatoms. The van der Waals surface area contributed by atoms with Crippen molar-refractivity contribution >= 4 is 23.2 Å². The first-order chi connectivity index (χ1) is 11.9. The van der Waals surface area contributed by atoms with Crippen LogP contribution in [0.25, 0.3) is 0 Å². The SMILES string of the molecule is Cc1ccc(NC(=O)CN(C)[C@@H](C)C(=O)Nc2ccccc2F)cc1. The summed E-state index contributed by atoms with van der Waals surface area (Å²) in [7, 11) is 1.67. The van der Waals surface area contributed by atoms with Gasteiger partial charge in [0, 0.05) is 5.69 Å². The summed E-state index contributed by atoms with van der Waals surface area (Å²) in [5, 5.41) is 5.31. The molecule has 0 saturated carbocycles. The standard InChI is InChI=1S/C19H22FN3O2/c1-13-8-10-15(11-9-13)21-18(24)12-23(3)14(2)19(25)22-17-7-5-4-6-16(17)20/h4-11,14H,12H2,1-3H3,(H,21,24)(H,22,25)/t14-/m0/s1. The lowest BCUT2D eigenvalue weighted by atomic mass is 10.2. The third-order valence-corrected chi connectivity index (χ3v) is 3.90. The van der Waals surface area contributed by atoms with Crippen molar-refractivity contribution < 1.29 is 14.0 Å². The van der Waals surface area contributed by atoms with Gasteiger partial charge in [0.2, 0.25) is 11.8 Å². The summed E-state index contributed by atoms with van der Waals surface area (Å²) in [6.45, 7) is 3.67. The van der Waals surface area contributed by atoms with Gasteiger partial charge in [0.15, 0.2) is 0 Å². The quantitative estimate of drug-likeness (QED) is 0.847. The molecule has 2 aromatic carbocycles. The number of anilines is 2. The number of nitrogens with one attached hydrogen (secondary N) is 2. The minimum Gasteiger partial charge on any atom is -0.325 e. The van der Waals surface area contributed by atoms with Crippen LogP contribution in [0.1, 0.15) is 12.5 Å². The highest BCUT2D eigenvalue weighted by Gasteiger charge is 2.21. The first kappa shape index (κ1) is 18.6. The van der Waals surface area contributed by atoms with Gasteiger partial charge in [-0.15, -0.1) is 0 Å². The van der Waals surface area contributed by atoms with Crippen molar-refractivity contribution in [3.05, 3.63) is 59.9 Å². The zero-order valence-corrected chi connectivity index (χ0v) is 14.5. The highest BCUT2D eigenvalue weighted by molar-refractivity contribution is 5.96. The third kappa shape index (κ3) is 5.39. The summed E-state index contributed by atoms with van der Waals surface area (Å²) in [5.41, 5.74) is 1.93. The predicted octanol–water partition coefficient (Wildman–Crippen LogP) is 3.03. The average molecular weight is 343 g/mol. The lowest BCUT2D eigenvalue weighted by Crippen LogP contribution is -2.43. The number of hydrogen-bond acceptors (Lipinski definition) is 3. The topological polar surface area (TPSA) is 61.4 Å². The predicted molar refractivity (Wildman–Crippen MR) is 96.9 cm³/mol. The van der Waals surface area contributed by atoms with Crippen molar-refractivity contribution in [3.63, 3.8) is 0 Å². The van der Waals surface area contributed by atoms with E-state index in [-0.39, 0.29) is 24.0 Å². The van der Waals surface area contributed by atoms with Crippen molar-refractivity contribution in [2.75, 3.05) is 24.2 Å². The number of amides is 2. The number of benzene rings is 2. The van der Waals surface area contributed by atoms with E-state index >= 15 is 0 Å². The summed E-state index contributed by atoms with van der Waals surface area (Å²) >= 11 is 0. The van der Waals surface area contributed by atoms with Crippen LogP contribution in [-0.4, -0.2) is 36.3 Å². The van der Waals surface area contributed by atoms with Gasteiger partial charge < -0.3 is 10.6 Å². The fourth-order valence-electron chi connectivity index (χ4n) is 2.20. The molecule has 1 atom stereocenters. The number of rotatable bonds is 6. The highest BCUT2D eigenvalue weighted by atomic mass is 19.1. The van der Waals surface area contributed by atoms with Crippen LogP contribution in [0.15, 0.2) is 48.5 Å². The Morgan fingerprint density at radius 2 is 1.72 bits per heavy atom. The van der Waals surface area contributed by atoms with Gasteiger partial charge in [0.05, 0.1) is 18.3 Å². The van der Waals surface area contributed by atoms with E-state index in [1.165, 1.54) is 12.1 Å². The van der Waals surface area contributed by atoms with Crippen molar-refractivity contribution in [2.24, 2.45) is 0 Å². The second-order valence-electron chi connectivity index (χ2n) is 5.97. The summed E-state index contributed by atoms with van der Waals surface area (Å²) in [6, 6.07) is 12.8. The highest BCUT2D eigenvalue weighted by Crippen LogP contribution is 2.13. The zero-order valence-electron chi connectivity index (χ0n) is 14.5. The van der Waals surface area contributed by atoms with E-state index in [4.69, 9.17) is 0 Å². The Bertz CT molecular complexity index is 747. The maximum atomic E-state index is 13.6. The van der Waals surface area contributed by atoms with Gasteiger partial charge in [0.1, 0.15) is 5.82 Å². The Labute approximate surface area is 146 Å². The molecule has 2 N–H and O–H groups in total. The van der Waals surface area contributed by atoms with E-state index < -0.39 is 11.9 Å². The lowest BCUT2D eigenvalue weighted by Gasteiger charge is -2.23. The zero-order chi connectivity index (χ0) is 18.4. The lowest BCUT2D eigenvalue weighted by molar-refractivity contribution is -0.122. The number of carbonyl (C=O) groups is 2. The smallest absolute Gasteiger partial charge is 0.241 e. The fraction of sp³-hybridized carbons (Fsp3) is 0.263. The van der Waals surface area contributed by atoms with Crippen LogP contribution in [0.4, 0.5) is 15.8 Å². The molecule has 0 aliphatic heterocycles. The monoisotopic (exact) mass is 343 g/mol. The van der Waals surface area contributed by atoms with E-state index in [9.17, 15) is 14.0 Å². The van der Waals surface area contributed by atoms with Crippen molar-refractivity contribution in [2.45, 2.75) is 19.9 Å². The molecule has 0 radical (unpaired) electrons. The molecule has 5 nitrogen and oxygen atoms in total. The minimum atomic E-state index is -0.594. The third-order valence-electron chi connectivity index (χ3n) is 3.90. The molecule has 0 heterocycles. The van der Waals surface area contributed by atoms with Crippen LogP contribution in [0.5, 0.6) is 0 Å². The van der Waals surface area contributed by atoms with Crippen LogP contribution in [0.3, 0.4) is 0 Å². The molecule has 0 unspecified atom stereocenters. The fourth-order valence-corrected chi connectivity index (χ4v) is 2.20. The maximum Gasteiger partial charge on any atom is 0.241 e. The van der Waals surface area contributed by atoms with Crippen LogP contribution in [0.2, 0.25) is 0 Å². The Balaban J connectivity index is 1.89. The van der Waals surface area contributed by atoms with Gasteiger partial charge in [-0.25, -0.2) is 4.39 Å². The van der Waals surface area contributed by atoms with Crippen LogP contribution < -0.4 is 10.6 Å². The molecule has 0 aliphatic rings. The number of para-hydroxylation sites is 1. The molecule has 132 valence electrons. The van der Waals surface area contributed by atoms with Gasteiger partial charge in [-0.05, 0) is 45.2 Å². The van der Waals surface area contributed by atoms with Gasteiger partial charge in [0.25, 0.3) is 0 Å². The number of likely N-dealkylation sites (N-methyl/N-ethyl adjacent to an activating group) is 1. The first-order valence-corrected chi connectivity index (χ1v) is 7.99. The van der Waals surface area contributed by atoms with Gasteiger partial charge >= 0.3 is 0 Å². The molecule has 2 rings (SSSR count). The number of nitrogens with zero attached hydrogens (tertiary/aromatic N) is 1. The summed E-state index contributed by atoms with van der Waals surface area (Å²) in [6.07, 6.45) is 0. The van der Waals surface area contributed by atoms with Gasteiger partial charge in [-0.3, -0.25) is 14.5 Å². The van der Waals surface area contributed by atoms with Crippen LogP contribution >= 0.6 is 0 Å². The van der Waals surface area contributed by atoms with E-state index in [0.717, 1.165) is 5.56 Å². The number of halogens is 1. The summed E-state index contributed by atoms with van der Waals surface area (Å²) in [4.78, 5) is 25.9. The minimum absolute atomic E-state index is 0.0414. The largest absolute Gasteiger partial charge is 0.325 e. The Morgan fingerprint density at radius 3 is 2.36 bits per heavy atom. The van der Waals surface area contributed by atoms with Crippen LogP contribution in [0, 0.1) is 12.7 Å². The molecule has 0 saturated heterocycles. The molecular formula is C19H22FN3O2. The van der Waals surface area contributed by atoms with Gasteiger partial charge in [-0.2, -0.15) is 0 Å². The average Bonchev–Trinajstić information content (AvgIpc) is 2.58. The molecule has 0 fully saturated rings. The molecule has 0 spiro atoms. The number of hydrogen-bond donors (Lipinski definition) is 2. The van der Waals surface area contributed by atoms with E-state index in [0.29, 0.717) is 5.69 Å². The number of carbonyl (C=O) groups excluding carboxylic acids is 2. The van der Waals surface area contributed by atoms with Gasteiger partial charge in [-0.1, -0.05) is 29.8 Å². The Kier molecular flexibility index (Phi) is 6.25. The van der Waals surface area contributed by atoms with Crippen molar-refractivity contribution in [1.29, 1.82) is 0 Å². The normalized spacial score (nSPS) is 11.9. The molecule has 25 heavy (non-hydrogen) atoms. The van der Waals surface area contributed by atoms with Crippen molar-refractivity contribution in [1.82, 2.24) is 4.90 Å². The Hall–Kier alpha value is -2.73. The molecular weight excluding hydrogens is 321 g/mol. The second-order valence-corrected chi connectivity index (χ2v) is 5.97. The van der Waals surface area contributed by atoms with E-state index in [1.54, 1.807) is 31.0 Å². The molecule has 0 aromatic heterocycles. The molecule has 2 aromatic rings. The van der Waals surface area contributed by atoms with Crippen LogP contribution in [-0.2, 0) is 9.59 Å². The molecule has 0 bridgehead atoms. The second kappa shape index (κ2) is 8.39. The van der Waals surface area contributed by atoms with Crippen molar-refractivity contribution in [3.8, 4) is 0 Å².